The van der Waals surface area contributed by atoms with Gasteiger partial charge in [0.15, 0.2) is 27.8 Å². The van der Waals surface area contributed by atoms with Crippen LogP contribution in [-0.4, -0.2) is 38.0 Å². The molecule has 1 aliphatic heterocycles. The van der Waals surface area contributed by atoms with Crippen molar-refractivity contribution in [2.75, 3.05) is 27.4 Å². The third kappa shape index (κ3) is 6.48. The maximum absolute atomic E-state index is 14.3. The van der Waals surface area contributed by atoms with Crippen molar-refractivity contribution in [1.82, 2.24) is 4.57 Å². The van der Waals surface area contributed by atoms with Crippen LogP contribution in [-0.2, 0) is 16.1 Å². The molecular formula is C37H33BrN2O7S. The first-order valence-corrected chi connectivity index (χ1v) is 16.9. The standard InChI is InChI=1S/C37H33BrN2O7S/c1-5-45-29-15-14-23(17-30(29)46-6-2)33-28(36(42)44-4)20-39-37-40(33)35(41)32(48-37)18-25-16-26(38)19-31(43-3)34(25)47-21-24-12-9-11-22-10-7-8-13-27(22)24/h7-20,33H,5-6,21H2,1-4H3/b32-18+/t33-/m0/s1. The molecule has 48 heavy (non-hydrogen) atoms. The first kappa shape index (κ1) is 33.0. The van der Waals surface area contributed by atoms with E-state index in [0.29, 0.717) is 56.7 Å². The lowest BCUT2D eigenvalue weighted by atomic mass is 9.97. The summed E-state index contributed by atoms with van der Waals surface area (Å²) in [5, 5.41) is 2.21. The molecule has 1 aromatic heterocycles. The second kappa shape index (κ2) is 14.5. The van der Waals surface area contributed by atoms with Crippen molar-refractivity contribution in [3.05, 3.63) is 125 Å². The molecule has 9 nitrogen and oxygen atoms in total. The van der Waals surface area contributed by atoms with Crippen LogP contribution in [0.3, 0.4) is 0 Å². The maximum atomic E-state index is 14.3. The molecule has 11 heteroatoms. The van der Waals surface area contributed by atoms with E-state index >= 15 is 0 Å². The molecule has 5 aromatic rings. The van der Waals surface area contributed by atoms with E-state index in [-0.39, 0.29) is 17.7 Å². The summed E-state index contributed by atoms with van der Waals surface area (Å²) in [5.74, 6) is 1.48. The number of fused-ring (bicyclic) bond motifs is 2. The maximum Gasteiger partial charge on any atom is 0.337 e. The number of ether oxygens (including phenoxy) is 5. The van der Waals surface area contributed by atoms with E-state index in [2.05, 4.69) is 39.1 Å². The van der Waals surface area contributed by atoms with Gasteiger partial charge >= 0.3 is 5.97 Å². The van der Waals surface area contributed by atoms with Crippen molar-refractivity contribution < 1.29 is 28.5 Å². The number of carbonyl (C=O) groups is 1. The van der Waals surface area contributed by atoms with Gasteiger partial charge in [0, 0.05) is 16.2 Å². The van der Waals surface area contributed by atoms with Crippen molar-refractivity contribution >= 4 is 50.1 Å². The number of nitrogens with zero attached hydrogens (tertiary/aromatic N) is 2. The van der Waals surface area contributed by atoms with E-state index in [9.17, 15) is 9.59 Å². The number of methoxy groups -OCH3 is 2. The second-order valence-corrected chi connectivity index (χ2v) is 12.6. The molecule has 0 unspecified atom stereocenters. The summed E-state index contributed by atoms with van der Waals surface area (Å²) in [6.45, 7) is 4.91. The van der Waals surface area contributed by atoms with Gasteiger partial charge in [-0.3, -0.25) is 9.36 Å². The van der Waals surface area contributed by atoms with Crippen molar-refractivity contribution in [3.8, 4) is 23.0 Å². The first-order valence-electron chi connectivity index (χ1n) is 15.3. The Morgan fingerprint density at radius 2 is 1.71 bits per heavy atom. The monoisotopic (exact) mass is 728 g/mol. The van der Waals surface area contributed by atoms with Gasteiger partial charge in [-0.25, -0.2) is 9.79 Å². The van der Waals surface area contributed by atoms with Crippen LogP contribution in [0.1, 0.15) is 36.6 Å². The summed E-state index contributed by atoms with van der Waals surface area (Å²) in [7, 11) is 2.88. The molecular weight excluding hydrogens is 696 g/mol. The van der Waals surface area contributed by atoms with E-state index in [4.69, 9.17) is 23.7 Å². The Labute approximate surface area is 289 Å². The highest BCUT2D eigenvalue weighted by Gasteiger charge is 2.31. The molecule has 0 bridgehead atoms. The molecule has 4 aromatic carbocycles. The number of halogens is 1. The number of aromatic nitrogens is 1. The van der Waals surface area contributed by atoms with Gasteiger partial charge in [-0.2, -0.15) is 0 Å². The zero-order valence-corrected chi connectivity index (χ0v) is 29.2. The van der Waals surface area contributed by atoms with Gasteiger partial charge in [0.1, 0.15) is 6.61 Å². The SMILES string of the molecule is CCOc1ccc([C@H]2C(C(=O)OC)=CN=c3s/c(=C/c4cc(Br)cc(OC)c4OCc4cccc5ccccc45)c(=O)n32)cc1OCC. The predicted molar refractivity (Wildman–Crippen MR) is 189 cm³/mol. The van der Waals surface area contributed by atoms with E-state index in [1.807, 2.05) is 56.3 Å². The van der Waals surface area contributed by atoms with Crippen LogP contribution in [0, 0.1) is 0 Å². The molecule has 2 heterocycles. The van der Waals surface area contributed by atoms with Crippen LogP contribution >= 0.6 is 27.3 Å². The highest BCUT2D eigenvalue weighted by Crippen LogP contribution is 2.37. The average Bonchev–Trinajstić information content (AvgIpc) is 3.42. The van der Waals surface area contributed by atoms with Crippen LogP contribution in [0.5, 0.6) is 23.0 Å². The number of hydrogen-bond donors (Lipinski definition) is 0. The topological polar surface area (TPSA) is 97.6 Å². The van der Waals surface area contributed by atoms with Gasteiger partial charge in [-0.05, 0) is 66.1 Å². The lowest BCUT2D eigenvalue weighted by molar-refractivity contribution is -0.136. The van der Waals surface area contributed by atoms with Gasteiger partial charge < -0.3 is 23.7 Å². The Morgan fingerprint density at radius 1 is 0.938 bits per heavy atom. The Morgan fingerprint density at radius 3 is 2.48 bits per heavy atom. The number of carbonyl (C=O) groups excluding carboxylic acids is 1. The lowest BCUT2D eigenvalue weighted by Gasteiger charge is -2.23. The van der Waals surface area contributed by atoms with Gasteiger partial charge in [0.2, 0.25) is 0 Å². The first-order chi connectivity index (χ1) is 23.4. The minimum atomic E-state index is -0.815. The molecule has 6 rings (SSSR count). The van der Waals surface area contributed by atoms with Crippen LogP contribution < -0.4 is 33.8 Å². The summed E-state index contributed by atoms with van der Waals surface area (Å²) in [6.07, 6.45) is 3.22. The minimum absolute atomic E-state index is 0.214. The predicted octanol–water partition coefficient (Wildman–Crippen LogP) is 6.32. The second-order valence-electron chi connectivity index (χ2n) is 10.7. The van der Waals surface area contributed by atoms with Crippen LogP contribution in [0.15, 0.2) is 98.8 Å². The molecule has 0 radical (unpaired) electrons. The van der Waals surface area contributed by atoms with E-state index in [0.717, 1.165) is 20.8 Å². The van der Waals surface area contributed by atoms with E-state index in [1.165, 1.54) is 29.2 Å². The fourth-order valence-corrected chi connectivity index (χ4v) is 7.11. The number of rotatable bonds is 11. The number of esters is 1. The summed E-state index contributed by atoms with van der Waals surface area (Å²) < 4.78 is 31.5. The van der Waals surface area contributed by atoms with Crippen LogP contribution in [0.4, 0.5) is 0 Å². The lowest BCUT2D eigenvalue weighted by Crippen LogP contribution is -2.39. The average molecular weight is 730 g/mol. The van der Waals surface area contributed by atoms with Crippen molar-refractivity contribution in [1.29, 1.82) is 0 Å². The van der Waals surface area contributed by atoms with Gasteiger partial charge in [0.05, 0.1) is 43.6 Å². The largest absolute Gasteiger partial charge is 0.493 e. The van der Waals surface area contributed by atoms with E-state index < -0.39 is 12.0 Å². The zero-order chi connectivity index (χ0) is 33.8. The highest BCUT2D eigenvalue weighted by atomic mass is 79.9. The molecule has 0 aliphatic carbocycles. The molecule has 0 amide bonds. The van der Waals surface area contributed by atoms with Gasteiger partial charge in [-0.1, -0.05) is 75.8 Å². The fourth-order valence-electron chi connectivity index (χ4n) is 5.70. The smallest absolute Gasteiger partial charge is 0.337 e. The molecule has 0 fully saturated rings. The van der Waals surface area contributed by atoms with Crippen molar-refractivity contribution in [2.24, 2.45) is 4.99 Å². The zero-order valence-electron chi connectivity index (χ0n) is 26.8. The summed E-state index contributed by atoms with van der Waals surface area (Å²) in [5.41, 5.74) is 2.18. The fraction of sp³-hybridized carbons (Fsp3) is 0.216. The molecule has 0 saturated carbocycles. The van der Waals surface area contributed by atoms with Crippen molar-refractivity contribution in [2.45, 2.75) is 26.5 Å². The van der Waals surface area contributed by atoms with Crippen LogP contribution in [0.25, 0.3) is 16.8 Å². The molecule has 0 saturated heterocycles. The number of thiazole rings is 1. The summed E-state index contributed by atoms with van der Waals surface area (Å²) in [6, 6.07) is 22.5. The molecule has 0 spiro atoms. The van der Waals surface area contributed by atoms with Crippen molar-refractivity contribution in [3.63, 3.8) is 0 Å². The molecule has 246 valence electrons. The van der Waals surface area contributed by atoms with E-state index in [1.54, 1.807) is 25.3 Å². The number of hydrogen-bond acceptors (Lipinski definition) is 9. The van der Waals surface area contributed by atoms with Crippen LogP contribution in [0.2, 0.25) is 0 Å². The molecule has 0 N–H and O–H groups in total. The quantitative estimate of drug-likeness (QED) is 0.147. The normalized spacial score (nSPS) is 14.1. The van der Waals surface area contributed by atoms with Gasteiger partial charge in [-0.15, -0.1) is 0 Å². The summed E-state index contributed by atoms with van der Waals surface area (Å²) >= 11 is 4.79. The molecule has 1 aliphatic rings. The number of benzene rings is 4. The summed E-state index contributed by atoms with van der Waals surface area (Å²) in [4.78, 5) is 32.2. The Hall–Kier alpha value is -4.87. The molecule has 1 atom stereocenters. The minimum Gasteiger partial charge on any atom is -0.493 e. The third-order valence-corrected chi connectivity index (χ3v) is 9.27. The Kier molecular flexibility index (Phi) is 9.98. The Balaban J connectivity index is 1.47. The Bertz CT molecular complexity index is 2220. The highest BCUT2D eigenvalue weighted by molar-refractivity contribution is 9.10. The van der Waals surface area contributed by atoms with Gasteiger partial charge in [0.25, 0.3) is 5.56 Å². The third-order valence-electron chi connectivity index (χ3n) is 7.81.